The first-order chi connectivity index (χ1) is 15.2. The first kappa shape index (κ1) is 18.7. The van der Waals surface area contributed by atoms with Crippen LogP contribution in [0.2, 0.25) is 0 Å². The van der Waals surface area contributed by atoms with Crippen LogP contribution in [0.4, 0.5) is 10.1 Å². The van der Waals surface area contributed by atoms with Gasteiger partial charge in [0, 0.05) is 24.5 Å². The minimum absolute atomic E-state index is 0.349. The summed E-state index contributed by atoms with van der Waals surface area (Å²) in [5.41, 5.74) is 6.69. The fraction of sp³-hybridized carbons (Fsp3) is 0.0435. The summed E-state index contributed by atoms with van der Waals surface area (Å²) in [6.45, 7) is 0. The van der Waals surface area contributed by atoms with E-state index in [1.165, 1.54) is 6.07 Å². The lowest BCUT2D eigenvalue weighted by Gasteiger charge is -2.29. The number of benzene rings is 2. The third kappa shape index (κ3) is 3.55. The third-order valence-corrected chi connectivity index (χ3v) is 4.90. The molecule has 1 N–H and O–H groups in total. The van der Waals surface area contributed by atoms with Crippen LogP contribution in [0.3, 0.4) is 0 Å². The lowest BCUT2D eigenvalue weighted by molar-refractivity contribution is 0.303. The number of nitrogens with zero attached hydrogens (tertiary/aromatic N) is 5. The predicted octanol–water partition coefficient (Wildman–Crippen LogP) is 4.05. The van der Waals surface area contributed by atoms with Crippen molar-refractivity contribution in [2.24, 2.45) is 0 Å². The van der Waals surface area contributed by atoms with Crippen LogP contribution in [-0.4, -0.2) is 26.7 Å². The molecule has 0 spiro atoms. The Kier molecular flexibility index (Phi) is 4.72. The highest BCUT2D eigenvalue weighted by molar-refractivity contribution is 5.70. The van der Waals surface area contributed by atoms with Gasteiger partial charge in [-0.25, -0.2) is 13.8 Å². The van der Waals surface area contributed by atoms with Crippen LogP contribution in [0.15, 0.2) is 97.3 Å². The van der Waals surface area contributed by atoms with Crippen molar-refractivity contribution < 1.29 is 9.13 Å². The molecule has 4 aromatic rings. The number of aromatic nitrogens is 4. The molecule has 7 nitrogen and oxygen atoms in total. The molecule has 3 heterocycles. The molecule has 1 aliphatic rings. The van der Waals surface area contributed by atoms with Crippen LogP contribution in [0.1, 0.15) is 5.69 Å². The molecule has 5 rings (SSSR count). The quantitative estimate of drug-likeness (QED) is 0.534. The molecule has 154 valence electrons. The summed E-state index contributed by atoms with van der Waals surface area (Å²) in [4.78, 5) is 0. The molecular weight excluding hydrogens is 395 g/mol. The second-order valence-corrected chi connectivity index (χ2v) is 6.83. The van der Waals surface area contributed by atoms with Gasteiger partial charge in [0.15, 0.2) is 5.82 Å². The minimum atomic E-state index is -0.398. The Morgan fingerprint density at radius 3 is 2.55 bits per heavy atom. The number of methoxy groups -OCH3 is 1. The van der Waals surface area contributed by atoms with Crippen molar-refractivity contribution in [1.29, 1.82) is 0 Å². The van der Waals surface area contributed by atoms with E-state index in [9.17, 15) is 0 Å². The van der Waals surface area contributed by atoms with Crippen molar-refractivity contribution in [2.75, 3.05) is 12.1 Å². The van der Waals surface area contributed by atoms with E-state index in [0.29, 0.717) is 17.1 Å². The molecule has 1 aliphatic heterocycles. The zero-order chi connectivity index (χ0) is 21.2. The zero-order valence-corrected chi connectivity index (χ0v) is 16.7. The molecule has 0 saturated heterocycles. The van der Waals surface area contributed by atoms with Gasteiger partial charge in [0.2, 0.25) is 0 Å². The topological polar surface area (TPSA) is 60.1 Å². The highest BCUT2D eigenvalue weighted by atomic mass is 19.1. The molecule has 2 aromatic heterocycles. The van der Waals surface area contributed by atoms with Crippen LogP contribution in [0, 0.1) is 5.82 Å². The standard InChI is InChI=1S/C23H19FN6O/c1-31-19-15-21(23-10-12-26-30(23)17-6-3-2-4-7-17)27-29(16-19)22-9-8-18(14-20(22)24)28-13-5-11-25-28/h2-16,27H,1H3. The first-order valence-corrected chi connectivity index (χ1v) is 9.66. The minimum Gasteiger partial charge on any atom is -0.495 e. The largest absolute Gasteiger partial charge is 0.495 e. The van der Waals surface area contributed by atoms with Crippen LogP contribution >= 0.6 is 0 Å². The molecule has 0 amide bonds. The number of hydrogen-bond donors (Lipinski definition) is 1. The smallest absolute Gasteiger partial charge is 0.150 e. The highest BCUT2D eigenvalue weighted by Crippen LogP contribution is 2.28. The number of para-hydroxylation sites is 1. The molecule has 0 unspecified atom stereocenters. The Labute approximate surface area is 178 Å². The average Bonchev–Trinajstić information content (AvgIpc) is 3.52. The maximum Gasteiger partial charge on any atom is 0.150 e. The van der Waals surface area contributed by atoms with Gasteiger partial charge in [0.05, 0.1) is 48.0 Å². The van der Waals surface area contributed by atoms with Gasteiger partial charge >= 0.3 is 0 Å². The Hall–Kier alpha value is -4.33. The number of allylic oxidation sites excluding steroid dienone is 1. The van der Waals surface area contributed by atoms with Gasteiger partial charge in [-0.15, -0.1) is 0 Å². The number of anilines is 1. The summed E-state index contributed by atoms with van der Waals surface area (Å²) in [7, 11) is 1.58. The molecule has 2 aromatic carbocycles. The lowest BCUT2D eigenvalue weighted by atomic mass is 10.2. The van der Waals surface area contributed by atoms with E-state index in [0.717, 1.165) is 17.1 Å². The monoisotopic (exact) mass is 414 g/mol. The van der Waals surface area contributed by atoms with Gasteiger partial charge < -0.3 is 4.74 Å². The van der Waals surface area contributed by atoms with Crippen LogP contribution in [-0.2, 0) is 4.74 Å². The fourth-order valence-corrected chi connectivity index (χ4v) is 3.41. The molecule has 0 bridgehead atoms. The second-order valence-electron chi connectivity index (χ2n) is 6.83. The maximum absolute atomic E-state index is 15.0. The van der Waals surface area contributed by atoms with Gasteiger partial charge in [-0.1, -0.05) is 18.2 Å². The van der Waals surface area contributed by atoms with Crippen LogP contribution in [0.25, 0.3) is 17.1 Å². The number of hydrazine groups is 1. The predicted molar refractivity (Wildman–Crippen MR) is 116 cm³/mol. The van der Waals surface area contributed by atoms with Gasteiger partial charge in [0.1, 0.15) is 5.76 Å². The molecule has 0 aliphatic carbocycles. The summed E-state index contributed by atoms with van der Waals surface area (Å²) in [5.74, 6) is 0.176. The van der Waals surface area contributed by atoms with Gasteiger partial charge in [0.25, 0.3) is 0 Å². The van der Waals surface area contributed by atoms with Gasteiger partial charge in [-0.3, -0.25) is 10.4 Å². The Morgan fingerprint density at radius 1 is 0.935 bits per heavy atom. The van der Waals surface area contributed by atoms with Gasteiger partial charge in [-0.2, -0.15) is 10.2 Å². The summed E-state index contributed by atoms with van der Waals surface area (Å²) in [6.07, 6.45) is 8.68. The lowest BCUT2D eigenvalue weighted by Crippen LogP contribution is -2.36. The highest BCUT2D eigenvalue weighted by Gasteiger charge is 2.20. The summed E-state index contributed by atoms with van der Waals surface area (Å²) < 4.78 is 23.9. The van der Waals surface area contributed by atoms with E-state index >= 15 is 4.39 Å². The molecular formula is C23H19FN6O. The molecule has 31 heavy (non-hydrogen) atoms. The van der Waals surface area contributed by atoms with E-state index in [1.54, 1.807) is 59.8 Å². The average molecular weight is 414 g/mol. The fourth-order valence-electron chi connectivity index (χ4n) is 3.41. The Morgan fingerprint density at radius 2 is 1.81 bits per heavy atom. The SMILES string of the molecule is COC1=CN(c2ccc(-n3cccn3)cc2F)NC(c2ccnn2-c2ccccc2)=C1. The third-order valence-electron chi connectivity index (χ3n) is 4.90. The second kappa shape index (κ2) is 7.83. The van der Waals surface area contributed by atoms with Crippen molar-refractivity contribution in [3.63, 3.8) is 0 Å². The number of halogens is 1. The molecule has 0 atom stereocenters. The van der Waals surface area contributed by atoms with Gasteiger partial charge in [-0.05, 0) is 36.4 Å². The number of ether oxygens (including phenoxy) is 1. The summed E-state index contributed by atoms with van der Waals surface area (Å²) >= 11 is 0. The van der Waals surface area contributed by atoms with E-state index in [4.69, 9.17) is 4.74 Å². The zero-order valence-electron chi connectivity index (χ0n) is 16.7. The van der Waals surface area contributed by atoms with E-state index in [2.05, 4.69) is 15.6 Å². The summed E-state index contributed by atoms with van der Waals surface area (Å²) in [5, 5.41) is 10.2. The van der Waals surface area contributed by atoms with Crippen LogP contribution < -0.4 is 10.4 Å². The molecule has 0 fully saturated rings. The number of nitrogens with one attached hydrogen (secondary N) is 1. The summed E-state index contributed by atoms with van der Waals surface area (Å²) in [6, 6.07) is 18.4. The molecule has 0 radical (unpaired) electrons. The number of rotatable bonds is 5. The Bertz CT molecular complexity index is 1260. The van der Waals surface area contributed by atoms with Crippen molar-refractivity contribution >= 4 is 11.4 Å². The maximum atomic E-state index is 15.0. The number of hydrogen-bond acceptors (Lipinski definition) is 5. The van der Waals surface area contributed by atoms with E-state index in [-0.39, 0.29) is 0 Å². The van der Waals surface area contributed by atoms with Crippen molar-refractivity contribution in [3.05, 3.63) is 109 Å². The van der Waals surface area contributed by atoms with E-state index < -0.39 is 5.82 Å². The molecule has 0 saturated carbocycles. The van der Waals surface area contributed by atoms with Crippen molar-refractivity contribution in [3.8, 4) is 11.4 Å². The van der Waals surface area contributed by atoms with E-state index in [1.807, 2.05) is 47.2 Å². The first-order valence-electron chi connectivity index (χ1n) is 9.66. The molecule has 8 heteroatoms. The Balaban J connectivity index is 1.50. The van der Waals surface area contributed by atoms with Crippen molar-refractivity contribution in [1.82, 2.24) is 25.0 Å². The van der Waals surface area contributed by atoms with Crippen molar-refractivity contribution in [2.45, 2.75) is 0 Å². The van der Waals surface area contributed by atoms with Crippen LogP contribution in [0.5, 0.6) is 0 Å². The normalized spacial score (nSPS) is 13.4.